The summed E-state index contributed by atoms with van der Waals surface area (Å²) in [4.78, 5) is 23.1. The van der Waals surface area contributed by atoms with Gasteiger partial charge in [0.25, 0.3) is 5.91 Å². The Labute approximate surface area is 125 Å². The highest BCUT2D eigenvalue weighted by Crippen LogP contribution is 2.23. The van der Waals surface area contributed by atoms with Crippen LogP contribution in [0.3, 0.4) is 0 Å². The number of aromatic nitrogens is 2. The van der Waals surface area contributed by atoms with Crippen LogP contribution in [0.15, 0.2) is 43.1 Å². The number of primary amides is 1. The number of carbonyl (C=O) groups excluding carboxylic acids is 2. The van der Waals surface area contributed by atoms with Gasteiger partial charge in [-0.25, -0.2) is 4.68 Å². The molecule has 0 unspecified atom stereocenters. The molecule has 0 saturated carbocycles. The van der Waals surface area contributed by atoms with Crippen molar-refractivity contribution in [3.05, 3.63) is 53.8 Å². The number of esters is 1. The quantitative estimate of drug-likeness (QED) is 0.677. The van der Waals surface area contributed by atoms with E-state index in [-0.39, 0.29) is 17.9 Å². The van der Waals surface area contributed by atoms with Crippen LogP contribution in [0.2, 0.25) is 5.02 Å². The number of ether oxygens (including phenoxy) is 1. The first kappa shape index (κ1) is 14.8. The highest BCUT2D eigenvalue weighted by Gasteiger charge is 2.20. The highest BCUT2D eigenvalue weighted by atomic mass is 35.5. The Kier molecular flexibility index (Phi) is 4.39. The topological polar surface area (TPSA) is 87.2 Å². The van der Waals surface area contributed by atoms with Crippen molar-refractivity contribution in [1.29, 1.82) is 0 Å². The van der Waals surface area contributed by atoms with Gasteiger partial charge in [0.1, 0.15) is 0 Å². The fraction of sp³-hybridized carbons (Fsp3) is 0.0714. The first-order valence-corrected chi connectivity index (χ1v) is 6.36. The average Bonchev–Trinajstić information content (AvgIpc) is 2.82. The van der Waals surface area contributed by atoms with Crippen molar-refractivity contribution < 1.29 is 14.3 Å². The lowest BCUT2D eigenvalue weighted by molar-refractivity contribution is -0.133. The van der Waals surface area contributed by atoms with E-state index in [0.29, 0.717) is 10.7 Å². The molecule has 0 aliphatic carbocycles. The van der Waals surface area contributed by atoms with E-state index in [4.69, 9.17) is 22.1 Å². The molecular formula is C14H12ClN3O3. The molecule has 0 aliphatic rings. The number of nitrogens with two attached hydrogens (primary N) is 1. The number of hydrogen-bond acceptors (Lipinski definition) is 4. The van der Waals surface area contributed by atoms with Crippen LogP contribution in [0.1, 0.15) is 16.9 Å². The summed E-state index contributed by atoms with van der Waals surface area (Å²) in [6, 6.07) is 6.69. The van der Waals surface area contributed by atoms with Crippen LogP contribution in [0.4, 0.5) is 0 Å². The predicted molar refractivity (Wildman–Crippen MR) is 77.5 cm³/mol. The molecule has 0 radical (unpaired) electrons. The second-order valence-electron chi connectivity index (χ2n) is 4.08. The third-order valence-electron chi connectivity index (χ3n) is 2.56. The van der Waals surface area contributed by atoms with Gasteiger partial charge >= 0.3 is 5.97 Å². The molecule has 1 amide bonds. The molecule has 1 heterocycles. The lowest BCUT2D eigenvalue weighted by Crippen LogP contribution is -2.19. The number of amides is 1. The number of halogens is 1. The molecule has 1 aromatic carbocycles. The Hall–Kier alpha value is -2.60. The zero-order valence-corrected chi connectivity index (χ0v) is 11.7. The Morgan fingerprint density at radius 2 is 2.24 bits per heavy atom. The highest BCUT2D eigenvalue weighted by molar-refractivity contribution is 6.30. The third-order valence-corrected chi connectivity index (χ3v) is 2.79. The standard InChI is InChI=1S/C14H12ClN3O3/c1-2-4-12(19)21-11-8-17-18(13(11)14(16)20)10-6-3-5-9(15)7-10/h2-3,5-8H,1,4H2,(H2,16,20). The minimum Gasteiger partial charge on any atom is -0.422 e. The zero-order valence-electron chi connectivity index (χ0n) is 11.0. The minimum absolute atomic E-state index is 0.00525. The first-order valence-electron chi connectivity index (χ1n) is 5.98. The molecular weight excluding hydrogens is 294 g/mol. The molecule has 0 spiro atoms. The molecule has 6 nitrogen and oxygen atoms in total. The number of benzene rings is 1. The fourth-order valence-corrected chi connectivity index (χ4v) is 1.90. The lowest BCUT2D eigenvalue weighted by Gasteiger charge is -2.07. The van der Waals surface area contributed by atoms with Gasteiger partial charge in [0.15, 0.2) is 11.4 Å². The fourth-order valence-electron chi connectivity index (χ4n) is 1.72. The summed E-state index contributed by atoms with van der Waals surface area (Å²) in [5.74, 6) is -1.33. The predicted octanol–water partition coefficient (Wildman–Crippen LogP) is 2.11. The van der Waals surface area contributed by atoms with Gasteiger partial charge in [-0.1, -0.05) is 23.7 Å². The van der Waals surface area contributed by atoms with Gasteiger partial charge in [-0.05, 0) is 18.2 Å². The number of hydrogen-bond donors (Lipinski definition) is 1. The van der Waals surface area contributed by atoms with Crippen LogP contribution in [0, 0.1) is 0 Å². The van der Waals surface area contributed by atoms with Crippen molar-refractivity contribution >= 4 is 23.5 Å². The van der Waals surface area contributed by atoms with Gasteiger partial charge in [0, 0.05) is 5.02 Å². The van der Waals surface area contributed by atoms with Crippen LogP contribution in [0.25, 0.3) is 5.69 Å². The van der Waals surface area contributed by atoms with Gasteiger partial charge in [-0.15, -0.1) is 6.58 Å². The van der Waals surface area contributed by atoms with Crippen molar-refractivity contribution in [2.24, 2.45) is 5.73 Å². The largest absolute Gasteiger partial charge is 0.422 e. The van der Waals surface area contributed by atoms with Gasteiger partial charge in [0.05, 0.1) is 18.3 Å². The molecule has 108 valence electrons. The molecule has 0 bridgehead atoms. The Morgan fingerprint density at radius 1 is 1.48 bits per heavy atom. The molecule has 2 rings (SSSR count). The van der Waals surface area contributed by atoms with E-state index in [2.05, 4.69) is 11.7 Å². The molecule has 0 aliphatic heterocycles. The summed E-state index contributed by atoms with van der Waals surface area (Å²) in [5, 5.41) is 4.49. The van der Waals surface area contributed by atoms with E-state index in [1.807, 2.05) is 0 Å². The van der Waals surface area contributed by atoms with Crippen LogP contribution in [0.5, 0.6) is 5.75 Å². The summed E-state index contributed by atoms with van der Waals surface area (Å²) in [6.45, 7) is 3.43. The van der Waals surface area contributed by atoms with E-state index < -0.39 is 11.9 Å². The molecule has 0 atom stereocenters. The summed E-state index contributed by atoms with van der Waals surface area (Å²) < 4.78 is 6.32. The van der Waals surface area contributed by atoms with E-state index in [9.17, 15) is 9.59 Å². The molecule has 0 saturated heterocycles. The van der Waals surface area contributed by atoms with Crippen molar-refractivity contribution in [3.63, 3.8) is 0 Å². The summed E-state index contributed by atoms with van der Waals surface area (Å²) in [6.07, 6.45) is 2.66. The van der Waals surface area contributed by atoms with Gasteiger partial charge in [-0.3, -0.25) is 9.59 Å². The van der Waals surface area contributed by atoms with E-state index in [1.165, 1.54) is 17.0 Å². The monoisotopic (exact) mass is 305 g/mol. The third kappa shape index (κ3) is 3.29. The number of rotatable bonds is 5. The SMILES string of the molecule is C=CCC(=O)Oc1cnn(-c2cccc(Cl)c2)c1C(N)=O. The maximum Gasteiger partial charge on any atom is 0.315 e. The van der Waals surface area contributed by atoms with Crippen LogP contribution >= 0.6 is 11.6 Å². The number of nitrogens with zero attached hydrogens (tertiary/aromatic N) is 2. The molecule has 0 fully saturated rings. The second kappa shape index (κ2) is 6.23. The second-order valence-corrected chi connectivity index (χ2v) is 4.52. The Morgan fingerprint density at radius 3 is 2.86 bits per heavy atom. The van der Waals surface area contributed by atoms with Gasteiger partial charge < -0.3 is 10.5 Å². The molecule has 2 aromatic rings. The maximum absolute atomic E-state index is 11.6. The molecule has 2 N–H and O–H groups in total. The van der Waals surface area contributed by atoms with Crippen molar-refractivity contribution in [2.45, 2.75) is 6.42 Å². The van der Waals surface area contributed by atoms with Crippen LogP contribution in [-0.2, 0) is 4.79 Å². The van der Waals surface area contributed by atoms with Crippen molar-refractivity contribution in [1.82, 2.24) is 9.78 Å². The van der Waals surface area contributed by atoms with Gasteiger partial charge in [-0.2, -0.15) is 5.10 Å². The van der Waals surface area contributed by atoms with Crippen molar-refractivity contribution in [2.75, 3.05) is 0 Å². The summed E-state index contributed by atoms with van der Waals surface area (Å²) in [7, 11) is 0. The Bertz CT molecular complexity index is 709. The van der Waals surface area contributed by atoms with E-state index >= 15 is 0 Å². The van der Waals surface area contributed by atoms with Crippen LogP contribution < -0.4 is 10.5 Å². The molecule has 7 heteroatoms. The lowest BCUT2D eigenvalue weighted by atomic mass is 10.3. The molecule has 21 heavy (non-hydrogen) atoms. The van der Waals surface area contributed by atoms with E-state index in [1.54, 1.807) is 24.3 Å². The summed E-state index contributed by atoms with van der Waals surface area (Å²) >= 11 is 5.91. The first-order chi connectivity index (χ1) is 10.0. The Balaban J connectivity index is 2.44. The molecule has 1 aromatic heterocycles. The average molecular weight is 306 g/mol. The minimum atomic E-state index is -0.770. The summed E-state index contributed by atoms with van der Waals surface area (Å²) in [5.41, 5.74) is 5.84. The van der Waals surface area contributed by atoms with Crippen LogP contribution in [-0.4, -0.2) is 21.7 Å². The maximum atomic E-state index is 11.6. The normalized spacial score (nSPS) is 10.1. The van der Waals surface area contributed by atoms with Crippen molar-refractivity contribution in [3.8, 4) is 11.4 Å². The number of carbonyl (C=O) groups is 2. The van der Waals surface area contributed by atoms with E-state index in [0.717, 1.165) is 0 Å². The zero-order chi connectivity index (χ0) is 15.4. The smallest absolute Gasteiger partial charge is 0.315 e. The van der Waals surface area contributed by atoms with Gasteiger partial charge in [0.2, 0.25) is 0 Å².